The lowest BCUT2D eigenvalue weighted by molar-refractivity contribution is 0.0728. The van der Waals surface area contributed by atoms with Crippen LogP contribution in [-0.2, 0) is 14.8 Å². The van der Waals surface area contributed by atoms with E-state index in [4.69, 9.17) is 21.1 Å². The standard InChI is InChI=1S/C21H25ClN2O5S/c1-15(16-4-6-17(28-3)7-5-16)23(2)21(25)19-14-18(8-9-20(19)22)30(26,27)24-10-12-29-13-11-24/h4-9,14-15H,10-13H2,1-3H3. The predicted octanol–water partition coefficient (Wildman–Crippen LogP) is 3.20. The summed E-state index contributed by atoms with van der Waals surface area (Å²) in [6.07, 6.45) is 0. The van der Waals surface area contributed by atoms with Gasteiger partial charge in [-0.15, -0.1) is 0 Å². The molecule has 1 amide bonds. The Kier molecular flexibility index (Phi) is 7.02. The lowest BCUT2D eigenvalue weighted by atomic mass is 10.1. The zero-order valence-corrected chi connectivity index (χ0v) is 18.7. The number of ether oxygens (including phenoxy) is 2. The van der Waals surface area contributed by atoms with Crippen molar-refractivity contribution in [2.24, 2.45) is 0 Å². The van der Waals surface area contributed by atoms with Crippen LogP contribution in [-0.4, -0.2) is 64.0 Å². The van der Waals surface area contributed by atoms with Gasteiger partial charge in [0.2, 0.25) is 10.0 Å². The second-order valence-electron chi connectivity index (χ2n) is 7.02. The maximum absolute atomic E-state index is 13.1. The van der Waals surface area contributed by atoms with E-state index in [0.29, 0.717) is 13.2 Å². The largest absolute Gasteiger partial charge is 0.497 e. The van der Waals surface area contributed by atoms with Gasteiger partial charge in [-0.25, -0.2) is 8.42 Å². The Bertz CT molecular complexity index is 1000. The number of carbonyl (C=O) groups is 1. The van der Waals surface area contributed by atoms with Gasteiger partial charge in [-0.2, -0.15) is 4.31 Å². The Balaban J connectivity index is 1.86. The van der Waals surface area contributed by atoms with Crippen molar-refractivity contribution in [2.45, 2.75) is 17.9 Å². The molecular formula is C21H25ClN2O5S. The molecule has 1 unspecified atom stereocenters. The molecular weight excluding hydrogens is 428 g/mol. The van der Waals surface area contributed by atoms with Gasteiger partial charge in [0.05, 0.1) is 41.8 Å². The summed E-state index contributed by atoms with van der Waals surface area (Å²) in [6.45, 7) is 3.15. The normalized spacial score (nSPS) is 16.1. The molecule has 1 saturated heterocycles. The number of benzene rings is 2. The molecule has 0 N–H and O–H groups in total. The molecule has 30 heavy (non-hydrogen) atoms. The van der Waals surface area contributed by atoms with Crippen molar-refractivity contribution >= 4 is 27.5 Å². The molecule has 0 spiro atoms. The van der Waals surface area contributed by atoms with Gasteiger partial charge in [0.1, 0.15) is 5.75 Å². The van der Waals surface area contributed by atoms with Crippen molar-refractivity contribution < 1.29 is 22.7 Å². The summed E-state index contributed by atoms with van der Waals surface area (Å²) in [5.41, 5.74) is 1.06. The molecule has 2 aromatic rings. The van der Waals surface area contributed by atoms with Gasteiger partial charge in [0, 0.05) is 20.1 Å². The van der Waals surface area contributed by atoms with Crippen LogP contribution in [0.15, 0.2) is 47.4 Å². The van der Waals surface area contributed by atoms with Gasteiger partial charge in [0.25, 0.3) is 5.91 Å². The van der Waals surface area contributed by atoms with E-state index in [9.17, 15) is 13.2 Å². The molecule has 0 radical (unpaired) electrons. The third-order valence-corrected chi connectivity index (χ3v) is 7.50. The summed E-state index contributed by atoms with van der Waals surface area (Å²) in [4.78, 5) is 14.7. The Morgan fingerprint density at radius 2 is 1.80 bits per heavy atom. The van der Waals surface area contributed by atoms with E-state index >= 15 is 0 Å². The monoisotopic (exact) mass is 452 g/mol. The van der Waals surface area contributed by atoms with Crippen LogP contribution in [0, 0.1) is 0 Å². The first kappa shape index (κ1) is 22.6. The first-order chi connectivity index (χ1) is 14.3. The number of hydrogen-bond donors (Lipinski definition) is 0. The zero-order valence-electron chi connectivity index (χ0n) is 17.2. The molecule has 7 nitrogen and oxygen atoms in total. The molecule has 2 aromatic carbocycles. The van der Waals surface area contributed by atoms with Crippen LogP contribution in [0.4, 0.5) is 0 Å². The van der Waals surface area contributed by atoms with E-state index < -0.39 is 10.0 Å². The highest BCUT2D eigenvalue weighted by Crippen LogP contribution is 2.28. The summed E-state index contributed by atoms with van der Waals surface area (Å²) < 4.78 is 37.7. The quantitative estimate of drug-likeness (QED) is 0.672. The van der Waals surface area contributed by atoms with Crippen LogP contribution in [0.2, 0.25) is 5.02 Å². The lowest BCUT2D eigenvalue weighted by Crippen LogP contribution is -2.40. The van der Waals surface area contributed by atoms with E-state index in [2.05, 4.69) is 0 Å². The van der Waals surface area contributed by atoms with Gasteiger partial charge < -0.3 is 14.4 Å². The fourth-order valence-electron chi connectivity index (χ4n) is 3.24. The molecule has 3 rings (SSSR count). The average molecular weight is 453 g/mol. The highest BCUT2D eigenvalue weighted by Gasteiger charge is 2.29. The molecule has 1 aliphatic rings. The first-order valence-corrected chi connectivity index (χ1v) is 11.4. The van der Waals surface area contributed by atoms with Crippen molar-refractivity contribution in [2.75, 3.05) is 40.5 Å². The fraction of sp³-hybridized carbons (Fsp3) is 0.381. The highest BCUT2D eigenvalue weighted by molar-refractivity contribution is 7.89. The lowest BCUT2D eigenvalue weighted by Gasteiger charge is -2.27. The van der Waals surface area contributed by atoms with E-state index in [-0.39, 0.29) is 40.5 Å². The van der Waals surface area contributed by atoms with Gasteiger partial charge in [0.15, 0.2) is 0 Å². The van der Waals surface area contributed by atoms with Crippen molar-refractivity contribution in [1.82, 2.24) is 9.21 Å². The molecule has 0 saturated carbocycles. The van der Waals surface area contributed by atoms with Crippen LogP contribution in [0.25, 0.3) is 0 Å². The van der Waals surface area contributed by atoms with E-state index in [1.165, 1.54) is 27.4 Å². The number of amides is 1. The van der Waals surface area contributed by atoms with Gasteiger partial charge in [-0.1, -0.05) is 23.7 Å². The summed E-state index contributed by atoms with van der Waals surface area (Å²) in [7, 11) is -0.476. The van der Waals surface area contributed by atoms with Crippen LogP contribution < -0.4 is 4.74 Å². The number of hydrogen-bond acceptors (Lipinski definition) is 5. The molecule has 1 aliphatic heterocycles. The number of methoxy groups -OCH3 is 1. The summed E-state index contributed by atoms with van der Waals surface area (Å²) in [5.74, 6) is 0.367. The first-order valence-electron chi connectivity index (χ1n) is 9.54. The zero-order chi connectivity index (χ0) is 21.9. The Hall–Kier alpha value is -2.13. The Morgan fingerprint density at radius 1 is 1.17 bits per heavy atom. The van der Waals surface area contributed by atoms with Crippen molar-refractivity contribution in [3.05, 3.63) is 58.6 Å². The van der Waals surface area contributed by atoms with Crippen LogP contribution in [0.5, 0.6) is 5.75 Å². The summed E-state index contributed by atoms with van der Waals surface area (Å²) in [6, 6.07) is 11.4. The second-order valence-corrected chi connectivity index (χ2v) is 9.37. The van der Waals surface area contributed by atoms with Crippen LogP contribution in [0.3, 0.4) is 0 Å². The number of nitrogens with zero attached hydrogens (tertiary/aromatic N) is 2. The third-order valence-electron chi connectivity index (χ3n) is 5.28. The Labute approximate surface area is 182 Å². The number of sulfonamides is 1. The molecule has 162 valence electrons. The molecule has 1 fully saturated rings. The maximum Gasteiger partial charge on any atom is 0.255 e. The van der Waals surface area contributed by atoms with Gasteiger partial charge in [-0.3, -0.25) is 4.79 Å². The maximum atomic E-state index is 13.1. The van der Waals surface area contributed by atoms with E-state index in [1.807, 2.05) is 31.2 Å². The predicted molar refractivity (Wildman–Crippen MR) is 115 cm³/mol. The third kappa shape index (κ3) is 4.62. The number of rotatable bonds is 6. The Morgan fingerprint density at radius 3 is 2.40 bits per heavy atom. The minimum Gasteiger partial charge on any atom is -0.497 e. The molecule has 1 heterocycles. The van der Waals surface area contributed by atoms with E-state index in [1.54, 1.807) is 14.2 Å². The second kappa shape index (κ2) is 9.34. The summed E-state index contributed by atoms with van der Waals surface area (Å²) in [5, 5.41) is 0.203. The van der Waals surface area contributed by atoms with Gasteiger partial charge in [-0.05, 0) is 42.8 Å². The van der Waals surface area contributed by atoms with Crippen molar-refractivity contribution in [1.29, 1.82) is 0 Å². The topological polar surface area (TPSA) is 76.2 Å². The number of carbonyl (C=O) groups excluding carboxylic acids is 1. The molecule has 1 atom stereocenters. The SMILES string of the molecule is COc1ccc(C(C)N(C)C(=O)c2cc(S(=O)(=O)N3CCOCC3)ccc2Cl)cc1. The van der Waals surface area contributed by atoms with Crippen LogP contribution in [0.1, 0.15) is 28.9 Å². The summed E-state index contributed by atoms with van der Waals surface area (Å²) >= 11 is 6.27. The molecule has 0 bridgehead atoms. The highest BCUT2D eigenvalue weighted by atomic mass is 35.5. The van der Waals surface area contributed by atoms with Gasteiger partial charge >= 0.3 is 0 Å². The van der Waals surface area contributed by atoms with E-state index in [0.717, 1.165) is 11.3 Å². The fourth-order valence-corrected chi connectivity index (χ4v) is 4.87. The molecule has 0 aromatic heterocycles. The smallest absolute Gasteiger partial charge is 0.255 e. The van der Waals surface area contributed by atoms with Crippen molar-refractivity contribution in [3.8, 4) is 5.75 Å². The van der Waals surface area contributed by atoms with Crippen LogP contribution >= 0.6 is 11.6 Å². The average Bonchev–Trinajstić information content (AvgIpc) is 2.78. The molecule has 9 heteroatoms. The minimum absolute atomic E-state index is 0.0441. The number of morpholine rings is 1. The number of halogens is 1. The minimum atomic E-state index is -3.73. The van der Waals surface area contributed by atoms with Crippen molar-refractivity contribution in [3.63, 3.8) is 0 Å². The molecule has 0 aliphatic carbocycles.